The van der Waals surface area contributed by atoms with Crippen molar-refractivity contribution in [2.24, 2.45) is 0 Å². The maximum Gasteiger partial charge on any atom is 0.137 e. The van der Waals surface area contributed by atoms with Crippen molar-refractivity contribution in [3.63, 3.8) is 0 Å². The van der Waals surface area contributed by atoms with Crippen LogP contribution in [0.15, 0.2) is 18.2 Å². The van der Waals surface area contributed by atoms with Crippen molar-refractivity contribution >= 4 is 0 Å². The Balaban J connectivity index is 1.45. The molecule has 1 fully saturated rings. The summed E-state index contributed by atoms with van der Waals surface area (Å²) < 4.78 is 5.93. The Morgan fingerprint density at radius 2 is 1.84 bits per heavy atom. The standard InChI is InChI=1S/C16H24N2O/c1-17-7-9-18(10-8-17)11-12-19-16-6-5-14-3-2-4-15(14)13-16/h5-6,13H,2-4,7-12H2,1H3/p+2. The maximum absolute atomic E-state index is 5.93. The van der Waals surface area contributed by atoms with Gasteiger partial charge in [0.15, 0.2) is 0 Å². The molecule has 104 valence electrons. The quantitative estimate of drug-likeness (QED) is 0.710. The third-order valence-corrected chi connectivity index (χ3v) is 4.60. The number of nitrogens with one attached hydrogen (secondary N) is 2. The molecule has 19 heavy (non-hydrogen) atoms. The first-order chi connectivity index (χ1) is 9.31. The van der Waals surface area contributed by atoms with Gasteiger partial charge >= 0.3 is 0 Å². The summed E-state index contributed by atoms with van der Waals surface area (Å²) in [6.45, 7) is 7.18. The predicted octanol–water partition coefficient (Wildman–Crippen LogP) is -1.03. The first-order valence-corrected chi connectivity index (χ1v) is 7.71. The highest BCUT2D eigenvalue weighted by molar-refractivity contribution is 5.38. The highest BCUT2D eigenvalue weighted by atomic mass is 16.5. The smallest absolute Gasteiger partial charge is 0.137 e. The van der Waals surface area contributed by atoms with Crippen LogP contribution in [0.1, 0.15) is 17.5 Å². The molecule has 2 aliphatic rings. The van der Waals surface area contributed by atoms with E-state index < -0.39 is 0 Å². The van der Waals surface area contributed by atoms with Crippen molar-refractivity contribution in [1.29, 1.82) is 0 Å². The Labute approximate surface area is 116 Å². The van der Waals surface area contributed by atoms with Gasteiger partial charge in [0, 0.05) is 0 Å². The average Bonchev–Trinajstić information content (AvgIpc) is 2.88. The van der Waals surface area contributed by atoms with Gasteiger partial charge in [0.1, 0.15) is 45.1 Å². The fourth-order valence-corrected chi connectivity index (χ4v) is 3.23. The fraction of sp³-hybridized carbons (Fsp3) is 0.625. The first kappa shape index (κ1) is 12.9. The van der Waals surface area contributed by atoms with Crippen LogP contribution in [0.4, 0.5) is 0 Å². The molecule has 0 aromatic heterocycles. The minimum Gasteiger partial charge on any atom is -0.488 e. The summed E-state index contributed by atoms with van der Waals surface area (Å²) in [7, 11) is 2.29. The molecule has 0 saturated carbocycles. The molecular weight excluding hydrogens is 236 g/mol. The average molecular weight is 262 g/mol. The summed E-state index contributed by atoms with van der Waals surface area (Å²) in [5, 5.41) is 0. The second-order valence-electron chi connectivity index (χ2n) is 6.09. The number of likely N-dealkylation sites (N-methyl/N-ethyl adjacent to an activating group) is 1. The zero-order chi connectivity index (χ0) is 13.1. The van der Waals surface area contributed by atoms with Crippen molar-refractivity contribution in [2.75, 3.05) is 46.4 Å². The van der Waals surface area contributed by atoms with Gasteiger partial charge < -0.3 is 14.5 Å². The molecule has 0 amide bonds. The third kappa shape index (κ3) is 3.28. The molecule has 1 saturated heterocycles. The minimum atomic E-state index is 0.854. The van der Waals surface area contributed by atoms with Crippen LogP contribution in [0.5, 0.6) is 5.75 Å². The largest absolute Gasteiger partial charge is 0.488 e. The van der Waals surface area contributed by atoms with E-state index in [0.717, 1.165) is 18.9 Å². The number of hydrogen-bond donors (Lipinski definition) is 2. The summed E-state index contributed by atoms with van der Waals surface area (Å²) in [5.41, 5.74) is 3.04. The SMILES string of the molecule is C[NH+]1CC[NH+](CCOc2ccc3c(c2)CCC3)CC1. The third-order valence-electron chi connectivity index (χ3n) is 4.60. The molecular formula is C16H26N2O+2. The number of benzene rings is 1. The Morgan fingerprint density at radius 1 is 1.05 bits per heavy atom. The molecule has 3 heteroatoms. The van der Waals surface area contributed by atoms with Crippen molar-refractivity contribution in [3.05, 3.63) is 29.3 Å². The molecule has 0 radical (unpaired) electrons. The highest BCUT2D eigenvalue weighted by Crippen LogP contribution is 2.25. The van der Waals surface area contributed by atoms with Gasteiger partial charge in [-0.3, -0.25) is 0 Å². The molecule has 0 unspecified atom stereocenters. The topological polar surface area (TPSA) is 18.1 Å². The van der Waals surface area contributed by atoms with Crippen LogP contribution < -0.4 is 14.5 Å². The van der Waals surface area contributed by atoms with Crippen LogP contribution in [0, 0.1) is 0 Å². The number of fused-ring (bicyclic) bond motifs is 1. The monoisotopic (exact) mass is 262 g/mol. The van der Waals surface area contributed by atoms with Crippen molar-refractivity contribution in [3.8, 4) is 5.75 Å². The van der Waals surface area contributed by atoms with Crippen LogP contribution in [-0.2, 0) is 12.8 Å². The molecule has 1 aliphatic carbocycles. The van der Waals surface area contributed by atoms with Gasteiger partial charge in [-0.1, -0.05) is 6.07 Å². The zero-order valence-electron chi connectivity index (χ0n) is 12.0. The number of ether oxygens (including phenoxy) is 1. The van der Waals surface area contributed by atoms with E-state index >= 15 is 0 Å². The van der Waals surface area contributed by atoms with Gasteiger partial charge in [-0.15, -0.1) is 0 Å². The van der Waals surface area contributed by atoms with E-state index in [1.165, 1.54) is 56.6 Å². The van der Waals surface area contributed by atoms with Crippen LogP contribution in [0.25, 0.3) is 0 Å². The second-order valence-corrected chi connectivity index (χ2v) is 6.09. The number of aryl methyl sites for hydroxylation is 2. The number of rotatable bonds is 4. The van der Waals surface area contributed by atoms with E-state index in [9.17, 15) is 0 Å². The molecule has 0 bridgehead atoms. The van der Waals surface area contributed by atoms with Gasteiger partial charge in [0.05, 0.1) is 7.05 Å². The van der Waals surface area contributed by atoms with E-state index in [1.54, 1.807) is 9.80 Å². The minimum absolute atomic E-state index is 0.854. The van der Waals surface area contributed by atoms with Crippen LogP contribution in [-0.4, -0.2) is 46.4 Å². The molecule has 1 aromatic carbocycles. The first-order valence-electron chi connectivity index (χ1n) is 7.71. The summed E-state index contributed by atoms with van der Waals surface area (Å²) in [6, 6.07) is 6.66. The molecule has 3 rings (SSSR count). The Morgan fingerprint density at radius 3 is 2.68 bits per heavy atom. The normalized spacial score (nSPS) is 26.2. The van der Waals surface area contributed by atoms with Gasteiger partial charge in [-0.2, -0.15) is 0 Å². The molecule has 1 aromatic rings. The maximum atomic E-state index is 5.93. The number of quaternary nitrogens is 2. The Bertz CT molecular complexity index is 425. The van der Waals surface area contributed by atoms with E-state index in [0.29, 0.717) is 0 Å². The van der Waals surface area contributed by atoms with E-state index in [2.05, 4.69) is 25.2 Å². The lowest BCUT2D eigenvalue weighted by Gasteiger charge is -2.27. The lowest BCUT2D eigenvalue weighted by atomic mass is 10.1. The number of piperazine rings is 1. The van der Waals surface area contributed by atoms with Crippen molar-refractivity contribution < 1.29 is 14.5 Å². The molecule has 3 nitrogen and oxygen atoms in total. The van der Waals surface area contributed by atoms with E-state index in [1.807, 2.05) is 0 Å². The van der Waals surface area contributed by atoms with E-state index in [-0.39, 0.29) is 0 Å². The molecule has 0 atom stereocenters. The highest BCUT2D eigenvalue weighted by Gasteiger charge is 2.19. The second kappa shape index (κ2) is 5.93. The lowest BCUT2D eigenvalue weighted by Crippen LogP contribution is -3.27. The van der Waals surface area contributed by atoms with Gasteiger partial charge in [-0.05, 0) is 42.5 Å². The van der Waals surface area contributed by atoms with Gasteiger partial charge in [0.25, 0.3) is 0 Å². The van der Waals surface area contributed by atoms with Crippen LogP contribution in [0.3, 0.4) is 0 Å². The van der Waals surface area contributed by atoms with Crippen molar-refractivity contribution in [1.82, 2.24) is 0 Å². The lowest BCUT2D eigenvalue weighted by molar-refractivity contribution is -1.00. The predicted molar refractivity (Wildman–Crippen MR) is 76.1 cm³/mol. The summed E-state index contributed by atoms with van der Waals surface area (Å²) >= 11 is 0. The van der Waals surface area contributed by atoms with Crippen LogP contribution >= 0.6 is 0 Å². The van der Waals surface area contributed by atoms with E-state index in [4.69, 9.17) is 4.74 Å². The zero-order valence-corrected chi connectivity index (χ0v) is 12.0. The van der Waals surface area contributed by atoms with Gasteiger partial charge in [0.2, 0.25) is 0 Å². The Hall–Kier alpha value is -1.06. The molecule has 1 aliphatic heterocycles. The summed E-state index contributed by atoms with van der Waals surface area (Å²) in [5.74, 6) is 1.07. The molecule has 0 spiro atoms. The molecule has 2 N–H and O–H groups in total. The molecule has 1 heterocycles. The van der Waals surface area contributed by atoms with Gasteiger partial charge in [-0.25, -0.2) is 0 Å². The fourth-order valence-electron chi connectivity index (χ4n) is 3.23. The Kier molecular flexibility index (Phi) is 4.04. The van der Waals surface area contributed by atoms with Crippen molar-refractivity contribution in [2.45, 2.75) is 19.3 Å². The summed E-state index contributed by atoms with van der Waals surface area (Å²) in [4.78, 5) is 3.37. The summed E-state index contributed by atoms with van der Waals surface area (Å²) in [6.07, 6.45) is 3.80. The van der Waals surface area contributed by atoms with Crippen LogP contribution in [0.2, 0.25) is 0 Å². The number of hydrogen-bond acceptors (Lipinski definition) is 1.